The molecule has 0 aliphatic carbocycles. The molecule has 0 heterocycles. The van der Waals surface area contributed by atoms with E-state index in [0.717, 1.165) is 12.0 Å². The number of rotatable bonds is 6. The summed E-state index contributed by atoms with van der Waals surface area (Å²) in [5.41, 5.74) is 2.02. The van der Waals surface area contributed by atoms with Crippen LogP contribution in [0.25, 0.3) is 0 Å². The van der Waals surface area contributed by atoms with Gasteiger partial charge < -0.3 is 10.6 Å². The van der Waals surface area contributed by atoms with E-state index in [2.05, 4.69) is 10.6 Å². The fourth-order valence-corrected chi connectivity index (χ4v) is 2.93. The second kappa shape index (κ2) is 7.97. The van der Waals surface area contributed by atoms with Gasteiger partial charge in [-0.05, 0) is 36.6 Å². The maximum Gasteiger partial charge on any atom is 0.315 e. The summed E-state index contributed by atoms with van der Waals surface area (Å²) in [5, 5.41) is 5.66. The predicted octanol–water partition coefficient (Wildman–Crippen LogP) is 2.69. The van der Waals surface area contributed by atoms with Gasteiger partial charge >= 0.3 is 6.03 Å². The second-order valence-electron chi connectivity index (χ2n) is 5.70. The third kappa shape index (κ3) is 5.38. The van der Waals surface area contributed by atoms with Gasteiger partial charge in [0.15, 0.2) is 9.84 Å². The van der Waals surface area contributed by atoms with Crippen molar-refractivity contribution in [2.45, 2.75) is 24.3 Å². The zero-order valence-electron chi connectivity index (χ0n) is 13.8. The van der Waals surface area contributed by atoms with E-state index in [1.54, 1.807) is 24.3 Å². The zero-order valence-corrected chi connectivity index (χ0v) is 14.6. The highest BCUT2D eigenvalue weighted by molar-refractivity contribution is 7.90. The molecule has 2 aromatic carbocycles. The molecule has 2 amide bonds. The third-order valence-electron chi connectivity index (χ3n) is 3.70. The lowest BCUT2D eigenvalue weighted by molar-refractivity contribution is 0.238. The van der Waals surface area contributed by atoms with Crippen molar-refractivity contribution in [2.75, 3.05) is 12.8 Å². The molecule has 0 fully saturated rings. The molecule has 1 unspecified atom stereocenters. The van der Waals surface area contributed by atoms with Crippen molar-refractivity contribution >= 4 is 15.9 Å². The maximum atomic E-state index is 11.9. The molecule has 2 N–H and O–H groups in total. The van der Waals surface area contributed by atoms with E-state index in [4.69, 9.17) is 0 Å². The molecule has 2 aromatic rings. The first-order valence-electron chi connectivity index (χ1n) is 7.74. The summed E-state index contributed by atoms with van der Waals surface area (Å²) >= 11 is 0. The van der Waals surface area contributed by atoms with Crippen molar-refractivity contribution in [3.8, 4) is 0 Å². The standard InChI is InChI=1S/C18H22N2O3S/c1-14(16-8-10-17(11-9-16)24(2,22)23)20-18(21)19-13-12-15-6-4-3-5-7-15/h3-11,14H,12-13H2,1-2H3,(H2,19,20,21). The first-order valence-corrected chi connectivity index (χ1v) is 9.64. The van der Waals surface area contributed by atoms with Gasteiger partial charge in [0.2, 0.25) is 0 Å². The number of hydrogen-bond donors (Lipinski definition) is 2. The Hall–Kier alpha value is -2.34. The van der Waals surface area contributed by atoms with Crippen LogP contribution in [0.2, 0.25) is 0 Å². The summed E-state index contributed by atoms with van der Waals surface area (Å²) in [4.78, 5) is 12.2. The Morgan fingerprint density at radius 2 is 1.67 bits per heavy atom. The average Bonchev–Trinajstić information content (AvgIpc) is 2.55. The van der Waals surface area contributed by atoms with Gasteiger partial charge in [-0.1, -0.05) is 42.5 Å². The minimum absolute atomic E-state index is 0.213. The fraction of sp³-hybridized carbons (Fsp3) is 0.278. The van der Waals surface area contributed by atoms with Crippen LogP contribution < -0.4 is 10.6 Å². The topological polar surface area (TPSA) is 75.3 Å². The van der Waals surface area contributed by atoms with E-state index in [1.165, 1.54) is 11.8 Å². The van der Waals surface area contributed by atoms with E-state index in [1.807, 2.05) is 37.3 Å². The molecule has 128 valence electrons. The molecule has 0 saturated carbocycles. The van der Waals surface area contributed by atoms with Crippen LogP contribution in [0.5, 0.6) is 0 Å². The maximum absolute atomic E-state index is 11.9. The number of nitrogens with one attached hydrogen (secondary N) is 2. The Balaban J connectivity index is 1.83. The molecule has 24 heavy (non-hydrogen) atoms. The lowest BCUT2D eigenvalue weighted by atomic mass is 10.1. The van der Waals surface area contributed by atoms with Crippen molar-refractivity contribution in [3.63, 3.8) is 0 Å². The van der Waals surface area contributed by atoms with Gasteiger partial charge in [-0.25, -0.2) is 13.2 Å². The van der Waals surface area contributed by atoms with Crippen molar-refractivity contribution in [3.05, 3.63) is 65.7 Å². The molecule has 1 atom stereocenters. The Kier molecular flexibility index (Phi) is 5.98. The second-order valence-corrected chi connectivity index (χ2v) is 7.71. The summed E-state index contributed by atoms with van der Waals surface area (Å²) in [6, 6.07) is 16.0. The molecule has 0 radical (unpaired) electrons. The molecule has 6 heteroatoms. The number of amides is 2. The molecule has 0 aliphatic rings. The molecule has 0 spiro atoms. The molecular formula is C18H22N2O3S. The van der Waals surface area contributed by atoms with Gasteiger partial charge in [-0.3, -0.25) is 0 Å². The van der Waals surface area contributed by atoms with Gasteiger partial charge in [0.05, 0.1) is 10.9 Å². The third-order valence-corrected chi connectivity index (χ3v) is 4.83. The monoisotopic (exact) mass is 346 g/mol. The van der Waals surface area contributed by atoms with Crippen LogP contribution >= 0.6 is 0 Å². The predicted molar refractivity (Wildman–Crippen MR) is 94.6 cm³/mol. The quantitative estimate of drug-likeness (QED) is 0.844. The van der Waals surface area contributed by atoms with Crippen LogP contribution in [0.1, 0.15) is 24.1 Å². The minimum atomic E-state index is -3.21. The molecule has 0 saturated heterocycles. The van der Waals surface area contributed by atoms with Gasteiger partial charge in [0.1, 0.15) is 0 Å². The molecule has 0 aromatic heterocycles. The summed E-state index contributed by atoms with van der Waals surface area (Å²) < 4.78 is 22.9. The minimum Gasteiger partial charge on any atom is -0.338 e. The number of urea groups is 1. The zero-order chi connectivity index (χ0) is 17.6. The number of sulfone groups is 1. The highest BCUT2D eigenvalue weighted by Gasteiger charge is 2.11. The molecule has 2 rings (SSSR count). The van der Waals surface area contributed by atoms with Crippen molar-refractivity contribution < 1.29 is 13.2 Å². The van der Waals surface area contributed by atoms with Crippen LogP contribution in [0.4, 0.5) is 4.79 Å². The first kappa shape index (κ1) is 18.0. The molecule has 5 nitrogen and oxygen atoms in total. The summed E-state index contributed by atoms with van der Waals surface area (Å²) in [7, 11) is -3.21. The normalized spacial score (nSPS) is 12.4. The lowest BCUT2D eigenvalue weighted by Crippen LogP contribution is -2.38. The van der Waals surface area contributed by atoms with E-state index in [0.29, 0.717) is 6.54 Å². The number of benzene rings is 2. The van der Waals surface area contributed by atoms with Crippen molar-refractivity contribution in [2.24, 2.45) is 0 Å². The molecule has 0 aliphatic heterocycles. The van der Waals surface area contributed by atoms with Crippen LogP contribution in [0.15, 0.2) is 59.5 Å². The highest BCUT2D eigenvalue weighted by Crippen LogP contribution is 2.16. The van der Waals surface area contributed by atoms with Crippen LogP contribution in [-0.4, -0.2) is 27.2 Å². The number of carbonyl (C=O) groups excluding carboxylic acids is 1. The highest BCUT2D eigenvalue weighted by atomic mass is 32.2. The van der Waals surface area contributed by atoms with Crippen LogP contribution in [-0.2, 0) is 16.3 Å². The largest absolute Gasteiger partial charge is 0.338 e. The molecular weight excluding hydrogens is 324 g/mol. The van der Waals surface area contributed by atoms with Crippen molar-refractivity contribution in [1.29, 1.82) is 0 Å². The summed E-state index contributed by atoms with van der Waals surface area (Å²) in [6.45, 7) is 2.40. The first-order chi connectivity index (χ1) is 11.4. The van der Waals surface area contributed by atoms with Gasteiger partial charge in [0.25, 0.3) is 0 Å². The Bertz CT molecular complexity index is 772. The van der Waals surface area contributed by atoms with Crippen LogP contribution in [0.3, 0.4) is 0 Å². The van der Waals surface area contributed by atoms with Crippen molar-refractivity contribution in [1.82, 2.24) is 10.6 Å². The van der Waals surface area contributed by atoms with E-state index < -0.39 is 9.84 Å². The average molecular weight is 346 g/mol. The van der Waals surface area contributed by atoms with Crippen LogP contribution in [0, 0.1) is 0 Å². The molecule has 0 bridgehead atoms. The SMILES string of the molecule is CC(NC(=O)NCCc1ccccc1)c1ccc(S(C)(=O)=O)cc1. The van der Waals surface area contributed by atoms with Gasteiger partial charge in [-0.15, -0.1) is 0 Å². The fourth-order valence-electron chi connectivity index (χ4n) is 2.30. The van der Waals surface area contributed by atoms with Gasteiger partial charge in [-0.2, -0.15) is 0 Å². The summed E-state index contributed by atoms with van der Waals surface area (Å²) in [5.74, 6) is 0. The Morgan fingerprint density at radius 1 is 1.04 bits per heavy atom. The Labute approximate surface area is 143 Å². The van der Waals surface area contributed by atoms with E-state index in [9.17, 15) is 13.2 Å². The number of carbonyl (C=O) groups is 1. The lowest BCUT2D eigenvalue weighted by Gasteiger charge is -2.15. The smallest absolute Gasteiger partial charge is 0.315 e. The number of hydrogen-bond acceptors (Lipinski definition) is 3. The van der Waals surface area contributed by atoms with E-state index in [-0.39, 0.29) is 17.0 Å². The summed E-state index contributed by atoms with van der Waals surface area (Å²) in [6.07, 6.45) is 1.94. The Morgan fingerprint density at radius 3 is 2.25 bits per heavy atom. The van der Waals surface area contributed by atoms with E-state index >= 15 is 0 Å². The van der Waals surface area contributed by atoms with Gasteiger partial charge in [0, 0.05) is 12.8 Å².